The number of nitrogens with zero attached hydrogens (tertiary/aromatic N) is 4. The maximum absolute atomic E-state index is 15.4. The van der Waals surface area contributed by atoms with Crippen LogP contribution in [0.5, 0.6) is 0 Å². The van der Waals surface area contributed by atoms with E-state index >= 15 is 4.39 Å². The molecule has 2 N–H and O–H groups in total. The van der Waals surface area contributed by atoms with Gasteiger partial charge >= 0.3 is 6.18 Å². The van der Waals surface area contributed by atoms with E-state index in [0.717, 1.165) is 19.1 Å². The normalized spacial score (nSPS) is 28.5. The van der Waals surface area contributed by atoms with Gasteiger partial charge in [0.05, 0.1) is 18.6 Å². The number of alkyl halides is 3. The number of nitrogens with one attached hydrogen (secondary N) is 1. The van der Waals surface area contributed by atoms with Crippen LogP contribution in [-0.4, -0.2) is 77.3 Å². The van der Waals surface area contributed by atoms with Crippen LogP contribution >= 0.6 is 0 Å². The highest BCUT2D eigenvalue weighted by Crippen LogP contribution is 2.41. The van der Waals surface area contributed by atoms with Crippen molar-refractivity contribution in [2.24, 2.45) is 17.8 Å². The fourth-order valence-electron chi connectivity index (χ4n) is 5.21. The molecule has 0 aromatic carbocycles. The van der Waals surface area contributed by atoms with E-state index in [0.29, 0.717) is 45.4 Å². The molecular weight excluding hydrogens is 454 g/mol. The molecule has 1 aromatic heterocycles. The minimum atomic E-state index is -4.14. The molecule has 11 heteroatoms. The van der Waals surface area contributed by atoms with Crippen molar-refractivity contribution in [2.75, 3.05) is 42.9 Å². The van der Waals surface area contributed by atoms with Gasteiger partial charge in [0, 0.05) is 31.6 Å². The van der Waals surface area contributed by atoms with Crippen molar-refractivity contribution >= 4 is 17.9 Å². The molecule has 1 aromatic rings. The summed E-state index contributed by atoms with van der Waals surface area (Å²) >= 11 is 0. The first-order valence-electron chi connectivity index (χ1n) is 12.2. The molecule has 0 amide bonds. The fourth-order valence-corrected chi connectivity index (χ4v) is 5.21. The molecule has 0 spiro atoms. The molecule has 2 unspecified atom stereocenters. The molecule has 7 nitrogen and oxygen atoms in total. The maximum Gasteiger partial charge on any atom is 0.391 e. The van der Waals surface area contributed by atoms with Crippen LogP contribution < -0.4 is 10.2 Å². The molecule has 4 rings (SSSR count). The fraction of sp³-hybridized carbons (Fsp3) is 0.783. The Bertz CT molecular complexity index is 830. The van der Waals surface area contributed by atoms with Crippen molar-refractivity contribution in [2.45, 2.75) is 63.3 Å². The van der Waals surface area contributed by atoms with Gasteiger partial charge in [0.15, 0.2) is 11.6 Å². The van der Waals surface area contributed by atoms with Gasteiger partial charge in [0.2, 0.25) is 5.82 Å². The van der Waals surface area contributed by atoms with Crippen LogP contribution in [0.15, 0.2) is 6.33 Å². The van der Waals surface area contributed by atoms with Gasteiger partial charge in [-0.15, -0.1) is 0 Å². The SMILES string of the molecule is O=CCN1CCC(CNc2ncnc(N(CC3CCC(C(F)(F)F)CC3)C3CC3)c2F)C(O)C1. The van der Waals surface area contributed by atoms with Crippen LogP contribution in [0.4, 0.5) is 29.2 Å². The van der Waals surface area contributed by atoms with Crippen molar-refractivity contribution in [3.8, 4) is 0 Å². The molecule has 2 heterocycles. The van der Waals surface area contributed by atoms with E-state index in [-0.39, 0.29) is 48.9 Å². The number of rotatable bonds is 9. The van der Waals surface area contributed by atoms with Gasteiger partial charge in [-0.2, -0.15) is 17.6 Å². The Hall–Kier alpha value is -2.01. The summed E-state index contributed by atoms with van der Waals surface area (Å²) in [5.74, 6) is -1.55. The van der Waals surface area contributed by atoms with Gasteiger partial charge in [0.1, 0.15) is 12.6 Å². The highest BCUT2D eigenvalue weighted by Gasteiger charge is 2.42. The predicted molar refractivity (Wildman–Crippen MR) is 119 cm³/mol. The zero-order chi connectivity index (χ0) is 24.3. The number of anilines is 2. The second-order valence-electron chi connectivity index (χ2n) is 9.93. The Morgan fingerprint density at radius 2 is 1.88 bits per heavy atom. The third kappa shape index (κ3) is 6.16. The molecule has 34 heavy (non-hydrogen) atoms. The lowest BCUT2D eigenvalue weighted by atomic mass is 9.81. The van der Waals surface area contributed by atoms with Crippen LogP contribution in [-0.2, 0) is 4.79 Å². The van der Waals surface area contributed by atoms with Crippen LogP contribution in [0.2, 0.25) is 0 Å². The van der Waals surface area contributed by atoms with Crippen LogP contribution in [0.25, 0.3) is 0 Å². The smallest absolute Gasteiger partial charge is 0.391 e. The topological polar surface area (TPSA) is 81.6 Å². The number of carbonyl (C=O) groups excluding carboxylic acids is 1. The third-order valence-electron chi connectivity index (χ3n) is 7.47. The quantitative estimate of drug-likeness (QED) is 0.409. The monoisotopic (exact) mass is 487 g/mol. The first kappa shape index (κ1) is 25.1. The highest BCUT2D eigenvalue weighted by molar-refractivity contribution is 5.53. The van der Waals surface area contributed by atoms with Gasteiger partial charge in [0.25, 0.3) is 0 Å². The van der Waals surface area contributed by atoms with Crippen LogP contribution in [0.1, 0.15) is 44.9 Å². The van der Waals surface area contributed by atoms with Gasteiger partial charge in [-0.25, -0.2) is 9.97 Å². The summed E-state index contributed by atoms with van der Waals surface area (Å²) in [7, 11) is 0. The average Bonchev–Trinajstić information content (AvgIpc) is 3.63. The zero-order valence-electron chi connectivity index (χ0n) is 19.2. The number of aliphatic hydroxyl groups excluding tert-OH is 1. The van der Waals surface area contributed by atoms with Gasteiger partial charge < -0.3 is 20.1 Å². The number of carbonyl (C=O) groups is 1. The number of piperidine rings is 1. The Labute approximate surface area is 196 Å². The number of hydrogen-bond acceptors (Lipinski definition) is 7. The lowest BCUT2D eigenvalue weighted by Gasteiger charge is -2.35. The summed E-state index contributed by atoms with van der Waals surface area (Å²) in [5, 5.41) is 13.4. The Balaban J connectivity index is 1.37. The number of aldehydes is 1. The van der Waals surface area contributed by atoms with Gasteiger partial charge in [-0.05, 0) is 57.4 Å². The second kappa shape index (κ2) is 10.7. The van der Waals surface area contributed by atoms with E-state index in [1.807, 2.05) is 9.80 Å². The Kier molecular flexibility index (Phi) is 7.91. The van der Waals surface area contributed by atoms with Crippen LogP contribution in [0, 0.1) is 23.6 Å². The highest BCUT2D eigenvalue weighted by atomic mass is 19.4. The van der Waals surface area contributed by atoms with E-state index < -0.39 is 24.0 Å². The molecule has 190 valence electrons. The number of likely N-dealkylation sites (tertiary alicyclic amines) is 1. The first-order valence-corrected chi connectivity index (χ1v) is 12.2. The molecule has 1 aliphatic heterocycles. The minimum Gasteiger partial charge on any atom is -0.391 e. The van der Waals surface area contributed by atoms with E-state index in [1.165, 1.54) is 6.33 Å². The Morgan fingerprint density at radius 1 is 1.15 bits per heavy atom. The summed E-state index contributed by atoms with van der Waals surface area (Å²) in [6, 6.07) is 0.154. The average molecular weight is 488 g/mol. The standard InChI is InChI=1S/C23H33F4N5O2/c24-20-21(28-11-16-7-8-31(9-10-33)13-19(16)34)29-14-30-22(20)32(18-5-6-18)12-15-1-3-17(4-2-15)23(25,26)27/h10,14-19,34H,1-9,11-13H2,(H,28,29,30). The van der Waals surface area contributed by atoms with E-state index in [2.05, 4.69) is 15.3 Å². The summed E-state index contributed by atoms with van der Waals surface area (Å²) in [6.45, 7) is 2.21. The number of β-amino-alcohol motifs (C(OH)–C–C–N with tert-alkyl or cyclic N) is 1. The molecule has 3 aliphatic rings. The van der Waals surface area contributed by atoms with E-state index in [4.69, 9.17) is 0 Å². The largest absolute Gasteiger partial charge is 0.391 e. The predicted octanol–water partition coefficient (Wildman–Crippen LogP) is 3.25. The molecule has 2 aliphatic carbocycles. The first-order chi connectivity index (χ1) is 16.3. The van der Waals surface area contributed by atoms with Crippen LogP contribution in [0.3, 0.4) is 0 Å². The third-order valence-corrected chi connectivity index (χ3v) is 7.47. The maximum atomic E-state index is 15.4. The lowest BCUT2D eigenvalue weighted by molar-refractivity contribution is -0.183. The second-order valence-corrected chi connectivity index (χ2v) is 9.93. The number of aromatic nitrogens is 2. The van der Waals surface area contributed by atoms with Crippen molar-refractivity contribution in [1.29, 1.82) is 0 Å². The van der Waals surface area contributed by atoms with Crippen molar-refractivity contribution in [3.05, 3.63) is 12.1 Å². The van der Waals surface area contributed by atoms with Crippen molar-refractivity contribution in [3.63, 3.8) is 0 Å². The molecule has 0 radical (unpaired) electrons. The van der Waals surface area contributed by atoms with Gasteiger partial charge in [-0.3, -0.25) is 4.90 Å². The molecule has 2 atom stereocenters. The number of hydrogen-bond donors (Lipinski definition) is 2. The molecular formula is C23H33F4N5O2. The Morgan fingerprint density at radius 3 is 2.50 bits per heavy atom. The summed E-state index contributed by atoms with van der Waals surface area (Å²) in [5.41, 5.74) is 0. The summed E-state index contributed by atoms with van der Waals surface area (Å²) in [6.07, 6.45) is 1.06. The molecule has 2 saturated carbocycles. The summed E-state index contributed by atoms with van der Waals surface area (Å²) < 4.78 is 54.4. The van der Waals surface area contributed by atoms with E-state index in [1.54, 1.807) is 0 Å². The molecule has 3 fully saturated rings. The van der Waals surface area contributed by atoms with Crippen molar-refractivity contribution < 1.29 is 27.5 Å². The van der Waals surface area contributed by atoms with Crippen molar-refractivity contribution in [1.82, 2.24) is 14.9 Å². The number of aliphatic hydroxyl groups is 1. The van der Waals surface area contributed by atoms with E-state index in [9.17, 15) is 23.1 Å². The van der Waals surface area contributed by atoms with Gasteiger partial charge in [-0.1, -0.05) is 0 Å². The zero-order valence-corrected chi connectivity index (χ0v) is 19.2. The minimum absolute atomic E-state index is 0.0685. The molecule has 0 bridgehead atoms. The number of halogens is 4. The lowest BCUT2D eigenvalue weighted by Crippen LogP contribution is -2.46. The summed E-state index contributed by atoms with van der Waals surface area (Å²) in [4.78, 5) is 22.7. The molecule has 1 saturated heterocycles.